The van der Waals surface area contributed by atoms with Crippen LogP contribution in [0.25, 0.3) is 0 Å². The van der Waals surface area contributed by atoms with Gasteiger partial charge < -0.3 is 5.73 Å². The van der Waals surface area contributed by atoms with Crippen LogP contribution in [0.2, 0.25) is 0 Å². The third-order valence-corrected chi connectivity index (χ3v) is 4.00. The van der Waals surface area contributed by atoms with Gasteiger partial charge in [-0.2, -0.15) is 0 Å². The number of hydrogen-bond donors (Lipinski definition) is 1. The van der Waals surface area contributed by atoms with Gasteiger partial charge in [0.2, 0.25) is 0 Å². The zero-order chi connectivity index (χ0) is 13.1. The largest absolute Gasteiger partial charge is 0.324 e. The molecule has 0 saturated heterocycles. The fourth-order valence-corrected chi connectivity index (χ4v) is 2.75. The van der Waals surface area contributed by atoms with Gasteiger partial charge in [0.1, 0.15) is 0 Å². The normalized spacial score (nSPS) is 12.4. The minimum absolute atomic E-state index is 0.0752. The fraction of sp³-hybridized carbons (Fsp3) is 0.250. The highest BCUT2D eigenvalue weighted by atomic mass is 127. The van der Waals surface area contributed by atoms with Crippen molar-refractivity contribution in [1.29, 1.82) is 0 Å². The average molecular weight is 351 g/mol. The maximum absolute atomic E-state index is 6.36. The lowest BCUT2D eigenvalue weighted by atomic mass is 9.92. The van der Waals surface area contributed by atoms with Gasteiger partial charge in [-0.1, -0.05) is 30.3 Å². The molecule has 0 aromatic heterocycles. The molecular formula is C16H18IN. The Balaban J connectivity index is 2.22. The van der Waals surface area contributed by atoms with E-state index in [1.165, 1.54) is 25.8 Å². The SMILES string of the molecule is Cc1cccc(C)c1C(N)Cc1ccc(I)cc1. The minimum atomic E-state index is 0.0752. The second-order valence-corrected chi connectivity index (χ2v) is 5.99. The highest BCUT2D eigenvalue weighted by Gasteiger charge is 2.12. The Kier molecular flexibility index (Phi) is 4.40. The van der Waals surface area contributed by atoms with Crippen molar-refractivity contribution in [2.45, 2.75) is 26.3 Å². The van der Waals surface area contributed by atoms with Crippen LogP contribution in [-0.4, -0.2) is 0 Å². The number of nitrogens with two attached hydrogens (primary N) is 1. The van der Waals surface area contributed by atoms with Crippen LogP contribution in [0, 0.1) is 17.4 Å². The lowest BCUT2D eigenvalue weighted by Crippen LogP contribution is -2.16. The van der Waals surface area contributed by atoms with E-state index in [0.29, 0.717) is 0 Å². The van der Waals surface area contributed by atoms with Crippen LogP contribution in [-0.2, 0) is 6.42 Å². The van der Waals surface area contributed by atoms with Crippen LogP contribution in [0.5, 0.6) is 0 Å². The molecule has 0 radical (unpaired) electrons. The minimum Gasteiger partial charge on any atom is -0.324 e. The summed E-state index contributed by atoms with van der Waals surface area (Å²) in [4.78, 5) is 0. The van der Waals surface area contributed by atoms with Gasteiger partial charge in [0.05, 0.1) is 0 Å². The second-order valence-electron chi connectivity index (χ2n) is 4.74. The van der Waals surface area contributed by atoms with Crippen molar-refractivity contribution in [3.63, 3.8) is 0 Å². The molecule has 2 aromatic carbocycles. The fourth-order valence-electron chi connectivity index (χ4n) is 2.39. The van der Waals surface area contributed by atoms with Gasteiger partial charge in [-0.15, -0.1) is 0 Å². The molecule has 1 unspecified atom stereocenters. The molecule has 2 rings (SSSR count). The first-order valence-electron chi connectivity index (χ1n) is 6.14. The molecule has 0 heterocycles. The molecule has 0 amide bonds. The van der Waals surface area contributed by atoms with Gasteiger partial charge in [-0.3, -0.25) is 0 Å². The molecule has 0 saturated carbocycles. The van der Waals surface area contributed by atoms with E-state index in [-0.39, 0.29) is 6.04 Å². The number of halogens is 1. The van der Waals surface area contributed by atoms with Gasteiger partial charge in [0, 0.05) is 9.61 Å². The number of aryl methyl sites for hydroxylation is 2. The van der Waals surface area contributed by atoms with Crippen LogP contribution in [0.1, 0.15) is 28.3 Å². The van der Waals surface area contributed by atoms with Crippen LogP contribution in [0.4, 0.5) is 0 Å². The van der Waals surface area contributed by atoms with Gasteiger partial charge in [0.25, 0.3) is 0 Å². The molecule has 0 bridgehead atoms. The third kappa shape index (κ3) is 3.12. The summed E-state index contributed by atoms with van der Waals surface area (Å²) in [7, 11) is 0. The highest BCUT2D eigenvalue weighted by molar-refractivity contribution is 14.1. The van der Waals surface area contributed by atoms with Crippen LogP contribution in [0.15, 0.2) is 42.5 Å². The summed E-state index contributed by atoms with van der Waals surface area (Å²) in [6.07, 6.45) is 0.891. The Labute approximate surface area is 123 Å². The molecule has 0 spiro atoms. The summed E-state index contributed by atoms with van der Waals surface area (Å²) in [6, 6.07) is 15.0. The number of rotatable bonds is 3. The zero-order valence-electron chi connectivity index (χ0n) is 10.8. The van der Waals surface area contributed by atoms with Crippen molar-refractivity contribution >= 4 is 22.6 Å². The van der Waals surface area contributed by atoms with Crippen molar-refractivity contribution < 1.29 is 0 Å². The summed E-state index contributed by atoms with van der Waals surface area (Å²) in [5.74, 6) is 0. The number of hydrogen-bond acceptors (Lipinski definition) is 1. The lowest BCUT2D eigenvalue weighted by molar-refractivity contribution is 0.711. The average Bonchev–Trinajstić information content (AvgIpc) is 2.32. The maximum atomic E-state index is 6.36. The molecule has 1 atom stereocenters. The van der Waals surface area contributed by atoms with Crippen LogP contribution < -0.4 is 5.73 Å². The molecule has 2 aromatic rings. The molecule has 0 aliphatic carbocycles. The molecule has 0 aliphatic rings. The first-order valence-corrected chi connectivity index (χ1v) is 7.22. The van der Waals surface area contributed by atoms with Crippen molar-refractivity contribution in [3.05, 3.63) is 68.3 Å². The quantitative estimate of drug-likeness (QED) is 0.826. The molecule has 1 nitrogen and oxygen atoms in total. The van der Waals surface area contributed by atoms with E-state index >= 15 is 0 Å². The van der Waals surface area contributed by atoms with E-state index in [9.17, 15) is 0 Å². The Bertz CT molecular complexity index is 511. The Morgan fingerprint density at radius 1 is 1.00 bits per heavy atom. The van der Waals surface area contributed by atoms with E-state index in [1.54, 1.807) is 0 Å². The van der Waals surface area contributed by atoms with Gasteiger partial charge in [-0.05, 0) is 77.2 Å². The molecular weight excluding hydrogens is 333 g/mol. The highest BCUT2D eigenvalue weighted by Crippen LogP contribution is 2.23. The van der Waals surface area contributed by atoms with Crippen LogP contribution in [0.3, 0.4) is 0 Å². The van der Waals surface area contributed by atoms with Crippen molar-refractivity contribution in [2.24, 2.45) is 5.73 Å². The second kappa shape index (κ2) is 5.85. The Morgan fingerprint density at radius 2 is 1.56 bits per heavy atom. The monoisotopic (exact) mass is 351 g/mol. The standard InChI is InChI=1S/C16H18IN/c1-11-4-3-5-12(2)16(11)15(18)10-13-6-8-14(17)9-7-13/h3-9,15H,10,18H2,1-2H3. The summed E-state index contributed by atoms with van der Waals surface area (Å²) in [5.41, 5.74) is 11.5. The summed E-state index contributed by atoms with van der Waals surface area (Å²) < 4.78 is 1.26. The zero-order valence-corrected chi connectivity index (χ0v) is 12.9. The molecule has 0 fully saturated rings. The molecule has 2 N–H and O–H groups in total. The van der Waals surface area contributed by atoms with Gasteiger partial charge in [-0.25, -0.2) is 0 Å². The van der Waals surface area contributed by atoms with Crippen LogP contribution >= 0.6 is 22.6 Å². The van der Waals surface area contributed by atoms with E-state index in [2.05, 4.69) is 78.9 Å². The molecule has 2 heteroatoms. The lowest BCUT2D eigenvalue weighted by Gasteiger charge is -2.17. The third-order valence-electron chi connectivity index (χ3n) is 3.28. The summed E-state index contributed by atoms with van der Waals surface area (Å²) >= 11 is 2.32. The number of benzene rings is 2. The van der Waals surface area contributed by atoms with E-state index in [0.717, 1.165) is 6.42 Å². The summed E-state index contributed by atoms with van der Waals surface area (Å²) in [5, 5.41) is 0. The maximum Gasteiger partial charge on any atom is 0.0341 e. The van der Waals surface area contributed by atoms with E-state index in [1.807, 2.05) is 0 Å². The molecule has 0 aliphatic heterocycles. The van der Waals surface area contributed by atoms with E-state index in [4.69, 9.17) is 5.73 Å². The predicted octanol–water partition coefficient (Wildman–Crippen LogP) is 4.15. The Morgan fingerprint density at radius 3 is 2.11 bits per heavy atom. The Hall–Kier alpha value is -0.870. The van der Waals surface area contributed by atoms with Gasteiger partial charge >= 0.3 is 0 Å². The predicted molar refractivity (Wildman–Crippen MR) is 85.7 cm³/mol. The molecule has 18 heavy (non-hydrogen) atoms. The van der Waals surface area contributed by atoms with Gasteiger partial charge in [0.15, 0.2) is 0 Å². The first kappa shape index (κ1) is 13.6. The summed E-state index contributed by atoms with van der Waals surface area (Å²) in [6.45, 7) is 4.27. The molecule has 94 valence electrons. The van der Waals surface area contributed by atoms with Crippen molar-refractivity contribution in [3.8, 4) is 0 Å². The first-order chi connectivity index (χ1) is 8.58. The van der Waals surface area contributed by atoms with Crippen molar-refractivity contribution in [1.82, 2.24) is 0 Å². The smallest absolute Gasteiger partial charge is 0.0341 e. The van der Waals surface area contributed by atoms with Crippen molar-refractivity contribution in [2.75, 3.05) is 0 Å². The topological polar surface area (TPSA) is 26.0 Å². The van der Waals surface area contributed by atoms with E-state index < -0.39 is 0 Å².